The van der Waals surface area contributed by atoms with Crippen LogP contribution in [-0.2, 0) is 16.0 Å². The maximum atomic E-state index is 13.1. The molecule has 184 valence electrons. The van der Waals surface area contributed by atoms with Crippen molar-refractivity contribution in [3.63, 3.8) is 0 Å². The summed E-state index contributed by atoms with van der Waals surface area (Å²) in [5.41, 5.74) is 1.60. The van der Waals surface area contributed by atoms with Crippen molar-refractivity contribution in [2.45, 2.75) is 58.8 Å². The second-order valence-electron chi connectivity index (χ2n) is 7.77. The highest BCUT2D eigenvalue weighted by Gasteiger charge is 2.38. The van der Waals surface area contributed by atoms with E-state index in [9.17, 15) is 22.4 Å². The molecule has 1 aromatic carbocycles. The summed E-state index contributed by atoms with van der Waals surface area (Å²) in [7, 11) is 0. The molecule has 7 nitrogen and oxygen atoms in total. The van der Waals surface area contributed by atoms with Gasteiger partial charge < -0.3 is 14.9 Å². The molecule has 0 atom stereocenters. The molecular formula is C22H29F4N3O4. The summed E-state index contributed by atoms with van der Waals surface area (Å²) in [4.78, 5) is 23.4. The van der Waals surface area contributed by atoms with E-state index < -0.39 is 12.1 Å². The van der Waals surface area contributed by atoms with Crippen LogP contribution in [0, 0.1) is 5.82 Å². The number of carboxylic acid groups (broad SMARTS) is 1. The van der Waals surface area contributed by atoms with Gasteiger partial charge in [0, 0.05) is 42.7 Å². The van der Waals surface area contributed by atoms with E-state index >= 15 is 0 Å². The normalized spacial score (nSPS) is 11.5. The monoisotopic (exact) mass is 475 g/mol. The van der Waals surface area contributed by atoms with E-state index in [4.69, 9.17) is 14.4 Å². The minimum Gasteiger partial charge on any atom is -0.475 e. The third kappa shape index (κ3) is 10.0. The molecule has 2 N–H and O–H groups in total. The number of carbonyl (C=O) groups excluding carboxylic acids is 1. The van der Waals surface area contributed by atoms with Gasteiger partial charge in [-0.05, 0) is 58.4 Å². The highest BCUT2D eigenvalue weighted by atomic mass is 19.4. The molecule has 0 radical (unpaired) electrons. The van der Waals surface area contributed by atoms with E-state index in [0.29, 0.717) is 37.2 Å². The zero-order valence-corrected chi connectivity index (χ0v) is 18.9. The fourth-order valence-electron chi connectivity index (χ4n) is 3.05. The number of nitrogens with zero attached hydrogens (tertiary/aromatic N) is 2. The number of carboxylic acids is 1. The summed E-state index contributed by atoms with van der Waals surface area (Å²) in [6.45, 7) is 10.1. The van der Waals surface area contributed by atoms with Gasteiger partial charge in [-0.25, -0.2) is 9.18 Å². The van der Waals surface area contributed by atoms with E-state index in [1.807, 2.05) is 0 Å². The molecule has 1 amide bonds. The van der Waals surface area contributed by atoms with Gasteiger partial charge in [-0.15, -0.1) is 0 Å². The Kier molecular flexibility index (Phi) is 11.0. The first-order valence-electron chi connectivity index (χ1n) is 10.3. The van der Waals surface area contributed by atoms with Crippen molar-refractivity contribution in [2.24, 2.45) is 0 Å². The van der Waals surface area contributed by atoms with Gasteiger partial charge in [0.15, 0.2) is 5.76 Å². The van der Waals surface area contributed by atoms with Crippen molar-refractivity contribution in [1.29, 1.82) is 0 Å². The molecule has 0 aliphatic heterocycles. The Balaban J connectivity index is 0.000000675. The number of hydrogen-bond acceptors (Lipinski definition) is 5. The number of rotatable bonds is 9. The average Bonchev–Trinajstić information content (AvgIpc) is 3.18. The second kappa shape index (κ2) is 12.9. The molecule has 1 aromatic heterocycles. The molecule has 0 aliphatic carbocycles. The van der Waals surface area contributed by atoms with Crippen LogP contribution in [0.5, 0.6) is 0 Å². The first kappa shape index (κ1) is 28.1. The highest BCUT2D eigenvalue weighted by Crippen LogP contribution is 2.24. The first-order chi connectivity index (χ1) is 15.3. The fraction of sp³-hybridized carbons (Fsp3) is 0.500. The molecule has 2 rings (SSSR count). The average molecular weight is 475 g/mol. The van der Waals surface area contributed by atoms with E-state index in [2.05, 4.69) is 43.1 Å². The van der Waals surface area contributed by atoms with E-state index in [-0.39, 0.29) is 11.7 Å². The van der Waals surface area contributed by atoms with Gasteiger partial charge in [0.1, 0.15) is 5.82 Å². The number of amides is 1. The fourth-order valence-corrected chi connectivity index (χ4v) is 3.05. The van der Waals surface area contributed by atoms with Gasteiger partial charge in [0.25, 0.3) is 0 Å². The summed E-state index contributed by atoms with van der Waals surface area (Å²) in [6.07, 6.45) is -2.58. The topological polar surface area (TPSA) is 95.7 Å². The zero-order valence-electron chi connectivity index (χ0n) is 18.9. The zero-order chi connectivity index (χ0) is 25.2. The first-order valence-corrected chi connectivity index (χ1v) is 10.3. The summed E-state index contributed by atoms with van der Waals surface area (Å²) < 4.78 is 50.1. The predicted molar refractivity (Wildman–Crippen MR) is 114 cm³/mol. The second-order valence-corrected chi connectivity index (χ2v) is 7.77. The number of alkyl halides is 3. The molecule has 0 spiro atoms. The molecule has 0 bridgehead atoms. The lowest BCUT2D eigenvalue weighted by atomic mass is 10.1. The number of hydrogen-bond donors (Lipinski definition) is 2. The molecule has 11 heteroatoms. The molecule has 0 unspecified atom stereocenters. The van der Waals surface area contributed by atoms with Crippen molar-refractivity contribution in [3.8, 4) is 11.3 Å². The summed E-state index contributed by atoms with van der Waals surface area (Å²) in [5, 5.41) is 13.9. The number of carbonyl (C=O) groups is 2. The van der Waals surface area contributed by atoms with E-state index in [1.165, 1.54) is 12.1 Å². The number of benzene rings is 1. The third-order valence-electron chi connectivity index (χ3n) is 4.63. The minimum absolute atomic E-state index is 0.00344. The molecule has 2 aromatic rings. The molecule has 0 saturated carbocycles. The lowest BCUT2D eigenvalue weighted by Gasteiger charge is -2.30. The van der Waals surface area contributed by atoms with Gasteiger partial charge in [0.2, 0.25) is 5.91 Å². The van der Waals surface area contributed by atoms with Crippen LogP contribution < -0.4 is 5.32 Å². The molecule has 0 fully saturated rings. The number of aliphatic carboxylic acids is 1. The minimum atomic E-state index is -5.08. The van der Waals surface area contributed by atoms with Gasteiger partial charge in [0.05, 0.1) is 6.20 Å². The Bertz CT molecular complexity index is 873. The summed E-state index contributed by atoms with van der Waals surface area (Å²) in [6, 6.07) is 6.94. The van der Waals surface area contributed by atoms with Gasteiger partial charge in [-0.1, -0.05) is 5.16 Å². The SMILES string of the molecule is CC(C)N(CCNC(=O)CCc1cnoc1-c1ccc(F)cc1)C(C)C.O=C(O)C(F)(F)F. The van der Waals surface area contributed by atoms with Gasteiger partial charge in [-0.3, -0.25) is 9.69 Å². The van der Waals surface area contributed by atoms with E-state index in [0.717, 1.165) is 17.7 Å². The Labute approximate surface area is 189 Å². The van der Waals surface area contributed by atoms with Gasteiger partial charge in [-0.2, -0.15) is 13.2 Å². The molecule has 1 heterocycles. The third-order valence-corrected chi connectivity index (χ3v) is 4.63. The number of aryl methyl sites for hydroxylation is 1. The van der Waals surface area contributed by atoms with Crippen molar-refractivity contribution in [2.75, 3.05) is 13.1 Å². The van der Waals surface area contributed by atoms with Crippen LogP contribution in [-0.4, -0.2) is 58.4 Å². The van der Waals surface area contributed by atoms with E-state index in [1.54, 1.807) is 18.3 Å². The quantitative estimate of drug-likeness (QED) is 0.526. The Morgan fingerprint density at radius 2 is 1.67 bits per heavy atom. The summed E-state index contributed by atoms with van der Waals surface area (Å²) in [5.74, 6) is -2.47. The maximum Gasteiger partial charge on any atom is 0.490 e. The Morgan fingerprint density at radius 1 is 1.12 bits per heavy atom. The standard InChI is InChI=1S/C20H28FN3O2.C2HF3O2/c1-14(2)24(15(3)4)12-11-22-19(25)10-7-17-13-23-26-20(17)16-5-8-18(21)9-6-16;3-2(4,5)1(6)7/h5-6,8-9,13-15H,7,10-12H2,1-4H3,(H,22,25);(H,6,7). The van der Waals surface area contributed by atoms with Crippen molar-refractivity contribution in [3.05, 3.63) is 41.8 Å². The van der Waals surface area contributed by atoms with Crippen LogP contribution in [0.25, 0.3) is 11.3 Å². The number of aromatic nitrogens is 1. The molecule has 0 saturated heterocycles. The van der Waals surface area contributed by atoms with Crippen molar-refractivity contribution in [1.82, 2.24) is 15.4 Å². The molecule has 33 heavy (non-hydrogen) atoms. The lowest BCUT2D eigenvalue weighted by molar-refractivity contribution is -0.192. The maximum absolute atomic E-state index is 13.1. The van der Waals surface area contributed by atoms with Crippen LogP contribution in [0.3, 0.4) is 0 Å². The predicted octanol–water partition coefficient (Wildman–Crippen LogP) is 4.28. The van der Waals surface area contributed by atoms with Gasteiger partial charge >= 0.3 is 12.1 Å². The van der Waals surface area contributed by atoms with Crippen LogP contribution in [0.2, 0.25) is 0 Å². The Morgan fingerprint density at radius 3 is 2.15 bits per heavy atom. The molecule has 0 aliphatic rings. The smallest absolute Gasteiger partial charge is 0.475 e. The van der Waals surface area contributed by atoms with Crippen molar-refractivity contribution >= 4 is 11.9 Å². The summed E-state index contributed by atoms with van der Waals surface area (Å²) >= 11 is 0. The number of nitrogens with one attached hydrogen (secondary N) is 1. The lowest BCUT2D eigenvalue weighted by Crippen LogP contribution is -2.42. The number of halogens is 4. The molecular weight excluding hydrogens is 446 g/mol. The van der Waals surface area contributed by atoms with Crippen LogP contribution in [0.15, 0.2) is 35.0 Å². The van der Waals surface area contributed by atoms with Crippen molar-refractivity contribution < 1.29 is 36.8 Å². The van der Waals surface area contributed by atoms with Crippen LogP contribution in [0.4, 0.5) is 17.6 Å². The highest BCUT2D eigenvalue weighted by molar-refractivity contribution is 5.76. The van der Waals surface area contributed by atoms with Crippen LogP contribution >= 0.6 is 0 Å². The van der Waals surface area contributed by atoms with Crippen LogP contribution in [0.1, 0.15) is 39.7 Å². The largest absolute Gasteiger partial charge is 0.490 e. The Hall–Kier alpha value is -2.95.